The Morgan fingerprint density at radius 1 is 0.905 bits per heavy atom. The summed E-state index contributed by atoms with van der Waals surface area (Å²) < 4.78 is 5.27. The zero-order chi connectivity index (χ0) is 30.4. The van der Waals surface area contributed by atoms with Gasteiger partial charge < -0.3 is 30.1 Å². The van der Waals surface area contributed by atoms with E-state index in [4.69, 9.17) is 4.74 Å². The van der Waals surface area contributed by atoms with Crippen LogP contribution < -0.4 is 5.32 Å². The SMILES string of the molecule is CC(C)c1cc(C(=O)N2Cc3ccc(CN4CCN(CCCCCNC(=O)OC(C)(C)C)CC4)cc3C2)c(O)cc1O. The van der Waals surface area contributed by atoms with Crippen molar-refractivity contribution in [3.05, 3.63) is 58.1 Å². The third-order valence-corrected chi connectivity index (χ3v) is 7.97. The third kappa shape index (κ3) is 8.61. The van der Waals surface area contributed by atoms with Gasteiger partial charge in [-0.05, 0) is 74.4 Å². The zero-order valence-electron chi connectivity index (χ0n) is 25.9. The maximum atomic E-state index is 13.3. The number of unbranched alkanes of at least 4 members (excludes halogenated alkanes) is 2. The zero-order valence-corrected chi connectivity index (χ0v) is 25.9. The molecule has 2 aromatic rings. The molecule has 230 valence electrons. The van der Waals surface area contributed by atoms with E-state index in [1.807, 2.05) is 34.6 Å². The van der Waals surface area contributed by atoms with Crippen LogP contribution in [0, 0.1) is 0 Å². The number of phenolic OH excluding ortho intramolecular Hbond substituents is 2. The van der Waals surface area contributed by atoms with E-state index < -0.39 is 5.60 Å². The summed E-state index contributed by atoms with van der Waals surface area (Å²) in [6.45, 7) is 17.3. The smallest absolute Gasteiger partial charge is 0.407 e. The fourth-order valence-corrected chi connectivity index (χ4v) is 5.66. The monoisotopic (exact) mass is 580 g/mol. The van der Waals surface area contributed by atoms with Crippen LogP contribution in [-0.2, 0) is 24.4 Å². The van der Waals surface area contributed by atoms with Crippen molar-refractivity contribution in [2.45, 2.75) is 85.0 Å². The first kappa shape index (κ1) is 31.6. The number of nitrogens with zero attached hydrogens (tertiary/aromatic N) is 3. The van der Waals surface area contributed by atoms with Crippen LogP contribution in [0.4, 0.5) is 4.79 Å². The first-order chi connectivity index (χ1) is 19.9. The second kappa shape index (κ2) is 13.8. The van der Waals surface area contributed by atoms with Crippen molar-refractivity contribution in [3.63, 3.8) is 0 Å². The van der Waals surface area contributed by atoms with E-state index >= 15 is 0 Å². The van der Waals surface area contributed by atoms with Gasteiger partial charge in [0, 0.05) is 58.4 Å². The molecule has 2 aromatic carbocycles. The number of rotatable bonds is 10. The van der Waals surface area contributed by atoms with Gasteiger partial charge in [0.2, 0.25) is 0 Å². The lowest BCUT2D eigenvalue weighted by molar-refractivity contribution is 0.0526. The maximum Gasteiger partial charge on any atom is 0.407 e. The highest BCUT2D eigenvalue weighted by atomic mass is 16.6. The molecule has 0 aromatic heterocycles. The van der Waals surface area contributed by atoms with Crippen molar-refractivity contribution in [2.75, 3.05) is 39.3 Å². The number of aromatic hydroxyl groups is 2. The summed E-state index contributed by atoms with van der Waals surface area (Å²) in [6, 6.07) is 9.41. The molecule has 9 heteroatoms. The molecule has 0 aliphatic carbocycles. The lowest BCUT2D eigenvalue weighted by Crippen LogP contribution is -2.46. The summed E-state index contributed by atoms with van der Waals surface area (Å²) in [5.41, 5.74) is 3.97. The molecular weight excluding hydrogens is 532 g/mol. The van der Waals surface area contributed by atoms with Crippen molar-refractivity contribution in [1.29, 1.82) is 0 Å². The van der Waals surface area contributed by atoms with Crippen LogP contribution in [0.1, 0.15) is 92.4 Å². The average Bonchev–Trinajstić information content (AvgIpc) is 3.33. The molecule has 9 nitrogen and oxygen atoms in total. The quantitative estimate of drug-likeness (QED) is 0.332. The number of carbonyl (C=O) groups excluding carboxylic acids is 2. The van der Waals surface area contributed by atoms with Crippen molar-refractivity contribution >= 4 is 12.0 Å². The van der Waals surface area contributed by atoms with Gasteiger partial charge in [0.25, 0.3) is 5.91 Å². The van der Waals surface area contributed by atoms with E-state index in [9.17, 15) is 19.8 Å². The van der Waals surface area contributed by atoms with Gasteiger partial charge in [-0.15, -0.1) is 0 Å². The number of benzene rings is 2. The van der Waals surface area contributed by atoms with Gasteiger partial charge >= 0.3 is 6.09 Å². The summed E-state index contributed by atoms with van der Waals surface area (Å²) >= 11 is 0. The second-order valence-electron chi connectivity index (χ2n) is 13.0. The molecular formula is C33H48N4O5. The lowest BCUT2D eigenvalue weighted by atomic mass is 9.98. The summed E-state index contributed by atoms with van der Waals surface area (Å²) in [7, 11) is 0. The molecule has 2 heterocycles. The summed E-state index contributed by atoms with van der Waals surface area (Å²) in [5, 5.41) is 23.4. The Kier molecular flexibility index (Phi) is 10.4. The van der Waals surface area contributed by atoms with Gasteiger partial charge in [-0.3, -0.25) is 9.69 Å². The molecule has 4 rings (SSSR count). The Morgan fingerprint density at radius 2 is 1.60 bits per heavy atom. The fourth-order valence-electron chi connectivity index (χ4n) is 5.66. The van der Waals surface area contributed by atoms with Crippen molar-refractivity contribution < 1.29 is 24.5 Å². The number of piperazine rings is 1. The Hall–Kier alpha value is -3.30. The number of phenols is 2. The number of hydrogen-bond acceptors (Lipinski definition) is 7. The van der Waals surface area contributed by atoms with Crippen LogP contribution in [-0.4, -0.2) is 81.8 Å². The van der Waals surface area contributed by atoms with Gasteiger partial charge in [-0.2, -0.15) is 0 Å². The molecule has 2 amide bonds. The highest BCUT2D eigenvalue weighted by Crippen LogP contribution is 2.34. The predicted octanol–water partition coefficient (Wildman–Crippen LogP) is 5.19. The van der Waals surface area contributed by atoms with Crippen molar-refractivity contribution in [3.8, 4) is 11.5 Å². The Bertz CT molecular complexity index is 1250. The van der Waals surface area contributed by atoms with Gasteiger partial charge in [-0.1, -0.05) is 38.5 Å². The first-order valence-corrected chi connectivity index (χ1v) is 15.3. The topological polar surface area (TPSA) is 106 Å². The van der Waals surface area contributed by atoms with Crippen LogP contribution in [0.2, 0.25) is 0 Å². The van der Waals surface area contributed by atoms with Crippen LogP contribution >= 0.6 is 0 Å². The van der Waals surface area contributed by atoms with E-state index in [1.54, 1.807) is 11.0 Å². The molecule has 1 saturated heterocycles. The number of carbonyl (C=O) groups is 2. The number of fused-ring (bicyclic) bond motifs is 1. The minimum absolute atomic E-state index is 0.0129. The van der Waals surface area contributed by atoms with Crippen LogP contribution in [0.15, 0.2) is 30.3 Å². The summed E-state index contributed by atoms with van der Waals surface area (Å²) in [4.78, 5) is 31.8. The summed E-state index contributed by atoms with van der Waals surface area (Å²) in [6.07, 6.45) is 2.81. The molecule has 2 aliphatic rings. The predicted molar refractivity (Wildman–Crippen MR) is 164 cm³/mol. The van der Waals surface area contributed by atoms with Crippen LogP contribution in [0.5, 0.6) is 11.5 Å². The van der Waals surface area contributed by atoms with E-state index in [-0.39, 0.29) is 35.0 Å². The number of amides is 2. The largest absolute Gasteiger partial charge is 0.508 e. The van der Waals surface area contributed by atoms with Crippen molar-refractivity contribution in [2.24, 2.45) is 0 Å². The van der Waals surface area contributed by atoms with Gasteiger partial charge in [0.05, 0.1) is 5.56 Å². The normalized spacial score (nSPS) is 16.1. The number of nitrogens with one attached hydrogen (secondary N) is 1. The Labute approximate surface area is 250 Å². The number of ether oxygens (including phenoxy) is 1. The van der Waals surface area contributed by atoms with Crippen LogP contribution in [0.3, 0.4) is 0 Å². The minimum atomic E-state index is -0.465. The maximum absolute atomic E-state index is 13.3. The minimum Gasteiger partial charge on any atom is -0.508 e. The van der Waals surface area contributed by atoms with E-state index in [0.29, 0.717) is 25.2 Å². The van der Waals surface area contributed by atoms with Gasteiger partial charge in [-0.25, -0.2) is 4.79 Å². The fraction of sp³-hybridized carbons (Fsp3) is 0.576. The molecule has 0 unspecified atom stereocenters. The summed E-state index contributed by atoms with van der Waals surface area (Å²) in [5.74, 6) is -0.355. The molecule has 42 heavy (non-hydrogen) atoms. The van der Waals surface area contributed by atoms with E-state index in [2.05, 4.69) is 33.3 Å². The molecule has 0 radical (unpaired) electrons. The van der Waals surface area contributed by atoms with E-state index in [1.165, 1.54) is 11.6 Å². The average molecular weight is 581 g/mol. The molecule has 0 spiro atoms. The van der Waals surface area contributed by atoms with Gasteiger partial charge in [0.15, 0.2) is 0 Å². The first-order valence-electron chi connectivity index (χ1n) is 15.3. The number of alkyl carbamates (subject to hydrolysis) is 1. The van der Waals surface area contributed by atoms with E-state index in [0.717, 1.165) is 69.7 Å². The Balaban J connectivity index is 1.18. The Morgan fingerprint density at radius 3 is 2.29 bits per heavy atom. The highest BCUT2D eigenvalue weighted by molar-refractivity contribution is 5.97. The second-order valence-corrected chi connectivity index (χ2v) is 13.0. The van der Waals surface area contributed by atoms with Crippen LogP contribution in [0.25, 0.3) is 0 Å². The number of hydrogen-bond donors (Lipinski definition) is 3. The molecule has 0 saturated carbocycles. The molecule has 0 atom stereocenters. The highest BCUT2D eigenvalue weighted by Gasteiger charge is 2.28. The van der Waals surface area contributed by atoms with Gasteiger partial charge in [0.1, 0.15) is 17.1 Å². The third-order valence-electron chi connectivity index (χ3n) is 7.97. The standard InChI is InChI=1S/C33H48N4O5/c1-23(2)27-18-28(30(39)19-29(27)38)31(40)37-21-25-10-9-24(17-26(25)22-37)20-36-15-13-35(14-16-36)12-8-6-7-11-34-32(41)42-33(3,4)5/h9-10,17-19,23,38-39H,6-8,11-16,20-22H2,1-5H3,(H,34,41). The lowest BCUT2D eigenvalue weighted by Gasteiger charge is -2.34. The van der Waals surface area contributed by atoms with Crippen molar-refractivity contribution in [1.82, 2.24) is 20.0 Å². The molecule has 3 N–H and O–H groups in total. The molecule has 2 aliphatic heterocycles. The molecule has 0 bridgehead atoms. The molecule has 1 fully saturated rings.